The fourth-order valence-corrected chi connectivity index (χ4v) is 4.14. The van der Waals surface area contributed by atoms with E-state index in [9.17, 15) is 4.79 Å². The van der Waals surface area contributed by atoms with Crippen molar-refractivity contribution in [2.45, 2.75) is 25.4 Å². The SMILES string of the molecule is COc1ccccc1-c1ccc(C(C)NC(=O)CC2CSCCN2)cc1. The summed E-state index contributed by atoms with van der Waals surface area (Å²) >= 11 is 1.91. The van der Waals surface area contributed by atoms with Gasteiger partial charge >= 0.3 is 0 Å². The predicted molar refractivity (Wildman–Crippen MR) is 109 cm³/mol. The van der Waals surface area contributed by atoms with Crippen LogP contribution in [0.3, 0.4) is 0 Å². The Bertz CT molecular complexity index is 727. The van der Waals surface area contributed by atoms with Crippen molar-refractivity contribution in [3.8, 4) is 16.9 Å². The third kappa shape index (κ3) is 4.80. The minimum absolute atomic E-state index is 0.00883. The number of thioether (sulfide) groups is 1. The Kier molecular flexibility index (Phi) is 6.58. The van der Waals surface area contributed by atoms with E-state index in [1.165, 1.54) is 0 Å². The first-order chi connectivity index (χ1) is 12.7. The summed E-state index contributed by atoms with van der Waals surface area (Å²) in [6, 6.07) is 16.6. The average molecular weight is 371 g/mol. The molecule has 4 nitrogen and oxygen atoms in total. The molecule has 2 unspecified atom stereocenters. The molecular formula is C21H26N2O2S. The lowest BCUT2D eigenvalue weighted by molar-refractivity contribution is -0.122. The molecule has 1 aliphatic heterocycles. The second kappa shape index (κ2) is 9.10. The van der Waals surface area contributed by atoms with Gasteiger partial charge in [-0.25, -0.2) is 0 Å². The maximum Gasteiger partial charge on any atom is 0.222 e. The van der Waals surface area contributed by atoms with Crippen LogP contribution in [0.15, 0.2) is 48.5 Å². The van der Waals surface area contributed by atoms with Gasteiger partial charge in [0.1, 0.15) is 5.75 Å². The summed E-state index contributed by atoms with van der Waals surface area (Å²) in [6.45, 7) is 3.02. The highest BCUT2D eigenvalue weighted by atomic mass is 32.2. The molecule has 2 atom stereocenters. The fourth-order valence-electron chi connectivity index (χ4n) is 3.19. The number of para-hydroxylation sites is 1. The zero-order valence-corrected chi connectivity index (χ0v) is 16.1. The van der Waals surface area contributed by atoms with Crippen molar-refractivity contribution in [1.29, 1.82) is 0 Å². The first kappa shape index (κ1) is 18.8. The number of carbonyl (C=O) groups is 1. The van der Waals surface area contributed by atoms with Crippen molar-refractivity contribution in [1.82, 2.24) is 10.6 Å². The highest BCUT2D eigenvalue weighted by Crippen LogP contribution is 2.30. The van der Waals surface area contributed by atoms with Crippen LogP contribution in [0.1, 0.15) is 24.9 Å². The van der Waals surface area contributed by atoms with Crippen molar-refractivity contribution in [3.05, 3.63) is 54.1 Å². The van der Waals surface area contributed by atoms with Gasteiger partial charge in [0, 0.05) is 36.1 Å². The molecule has 0 radical (unpaired) electrons. The number of carbonyl (C=O) groups excluding carboxylic acids is 1. The molecule has 2 aromatic rings. The molecule has 3 rings (SSSR count). The van der Waals surface area contributed by atoms with Gasteiger partial charge in [0.2, 0.25) is 5.91 Å². The number of rotatable bonds is 6. The quantitative estimate of drug-likeness (QED) is 0.815. The minimum atomic E-state index is -0.00883. The van der Waals surface area contributed by atoms with Crippen molar-refractivity contribution in [2.75, 3.05) is 25.2 Å². The highest BCUT2D eigenvalue weighted by Gasteiger charge is 2.18. The molecule has 0 aliphatic carbocycles. The average Bonchev–Trinajstić information content (AvgIpc) is 2.68. The van der Waals surface area contributed by atoms with Crippen LogP contribution in [0.25, 0.3) is 11.1 Å². The molecule has 2 aromatic carbocycles. The predicted octanol–water partition coefficient (Wildman–Crippen LogP) is 3.63. The smallest absolute Gasteiger partial charge is 0.222 e. The monoisotopic (exact) mass is 370 g/mol. The highest BCUT2D eigenvalue weighted by molar-refractivity contribution is 7.99. The van der Waals surface area contributed by atoms with Gasteiger partial charge in [0.15, 0.2) is 0 Å². The van der Waals surface area contributed by atoms with E-state index < -0.39 is 0 Å². The molecule has 26 heavy (non-hydrogen) atoms. The van der Waals surface area contributed by atoms with Crippen molar-refractivity contribution in [2.24, 2.45) is 0 Å². The summed E-state index contributed by atoms with van der Waals surface area (Å²) in [4.78, 5) is 12.3. The van der Waals surface area contributed by atoms with Crippen molar-refractivity contribution in [3.63, 3.8) is 0 Å². The number of hydrogen-bond acceptors (Lipinski definition) is 4. The standard InChI is InChI=1S/C21H26N2O2S/c1-15(23-21(24)13-18-14-26-12-11-22-18)16-7-9-17(10-8-16)19-5-3-4-6-20(19)25-2/h3-10,15,18,22H,11-14H2,1-2H3,(H,23,24). The normalized spacial score (nSPS) is 18.2. The number of amides is 1. The number of nitrogens with one attached hydrogen (secondary N) is 2. The van der Waals surface area contributed by atoms with Crippen LogP contribution in [-0.2, 0) is 4.79 Å². The van der Waals surface area contributed by atoms with Crippen LogP contribution in [0.5, 0.6) is 5.75 Å². The summed E-state index contributed by atoms with van der Waals surface area (Å²) in [5.74, 6) is 3.11. The number of ether oxygens (including phenoxy) is 1. The van der Waals surface area contributed by atoms with Crippen LogP contribution in [-0.4, -0.2) is 37.1 Å². The van der Waals surface area contributed by atoms with Crippen LogP contribution >= 0.6 is 11.8 Å². The Morgan fingerprint density at radius 3 is 2.73 bits per heavy atom. The van der Waals surface area contributed by atoms with Gasteiger partial charge in [0.25, 0.3) is 0 Å². The maximum atomic E-state index is 12.3. The van der Waals surface area contributed by atoms with Crippen LogP contribution in [0.4, 0.5) is 0 Å². The third-order valence-corrected chi connectivity index (χ3v) is 5.77. The molecule has 5 heteroatoms. The minimum Gasteiger partial charge on any atom is -0.496 e. The molecule has 1 amide bonds. The molecule has 1 heterocycles. The van der Waals surface area contributed by atoms with E-state index in [4.69, 9.17) is 4.74 Å². The van der Waals surface area contributed by atoms with E-state index in [0.717, 1.165) is 40.5 Å². The molecule has 0 spiro atoms. The molecular weight excluding hydrogens is 344 g/mol. The van der Waals surface area contributed by atoms with Crippen LogP contribution in [0, 0.1) is 0 Å². The Balaban J connectivity index is 1.61. The molecule has 0 bridgehead atoms. The van der Waals surface area contributed by atoms with Gasteiger partial charge in [-0.1, -0.05) is 42.5 Å². The Labute approximate surface area is 159 Å². The van der Waals surface area contributed by atoms with Gasteiger partial charge in [-0.2, -0.15) is 11.8 Å². The molecule has 138 valence electrons. The molecule has 1 aliphatic rings. The Hall–Kier alpha value is -1.98. The molecule has 1 saturated heterocycles. The Morgan fingerprint density at radius 2 is 2.04 bits per heavy atom. The lowest BCUT2D eigenvalue weighted by Crippen LogP contribution is -2.41. The molecule has 0 saturated carbocycles. The fraction of sp³-hybridized carbons (Fsp3) is 0.381. The van der Waals surface area contributed by atoms with E-state index >= 15 is 0 Å². The summed E-state index contributed by atoms with van der Waals surface area (Å²) < 4.78 is 5.44. The second-order valence-electron chi connectivity index (χ2n) is 6.54. The maximum absolute atomic E-state index is 12.3. The lowest BCUT2D eigenvalue weighted by atomic mass is 10.0. The van der Waals surface area contributed by atoms with Crippen molar-refractivity contribution < 1.29 is 9.53 Å². The van der Waals surface area contributed by atoms with E-state index in [0.29, 0.717) is 6.42 Å². The van der Waals surface area contributed by atoms with E-state index in [-0.39, 0.29) is 18.0 Å². The Morgan fingerprint density at radius 1 is 1.27 bits per heavy atom. The number of benzene rings is 2. The summed E-state index contributed by atoms with van der Waals surface area (Å²) in [5.41, 5.74) is 3.27. The second-order valence-corrected chi connectivity index (χ2v) is 7.69. The van der Waals surface area contributed by atoms with Crippen LogP contribution in [0.2, 0.25) is 0 Å². The molecule has 0 aromatic heterocycles. The van der Waals surface area contributed by atoms with Gasteiger partial charge in [-0.05, 0) is 24.1 Å². The van der Waals surface area contributed by atoms with E-state index in [1.807, 2.05) is 43.0 Å². The van der Waals surface area contributed by atoms with E-state index in [2.05, 4.69) is 34.9 Å². The zero-order valence-electron chi connectivity index (χ0n) is 15.3. The first-order valence-electron chi connectivity index (χ1n) is 9.01. The lowest BCUT2D eigenvalue weighted by Gasteiger charge is -2.23. The number of hydrogen-bond donors (Lipinski definition) is 2. The van der Waals surface area contributed by atoms with Gasteiger partial charge in [-0.15, -0.1) is 0 Å². The third-order valence-electron chi connectivity index (χ3n) is 4.64. The summed E-state index contributed by atoms with van der Waals surface area (Å²) in [5, 5.41) is 6.52. The van der Waals surface area contributed by atoms with Gasteiger partial charge in [0.05, 0.1) is 13.2 Å². The van der Waals surface area contributed by atoms with Crippen LogP contribution < -0.4 is 15.4 Å². The molecule has 2 N–H and O–H groups in total. The topological polar surface area (TPSA) is 50.4 Å². The largest absolute Gasteiger partial charge is 0.496 e. The first-order valence-corrected chi connectivity index (χ1v) is 10.2. The molecule has 1 fully saturated rings. The number of methoxy groups -OCH3 is 1. The summed E-state index contributed by atoms with van der Waals surface area (Å²) in [6.07, 6.45) is 0.538. The van der Waals surface area contributed by atoms with E-state index in [1.54, 1.807) is 7.11 Å². The summed E-state index contributed by atoms with van der Waals surface area (Å²) in [7, 11) is 1.69. The van der Waals surface area contributed by atoms with Gasteiger partial charge < -0.3 is 15.4 Å². The zero-order chi connectivity index (χ0) is 18.4. The van der Waals surface area contributed by atoms with Crippen molar-refractivity contribution >= 4 is 17.7 Å². The van der Waals surface area contributed by atoms with Gasteiger partial charge in [-0.3, -0.25) is 4.79 Å².